The summed E-state index contributed by atoms with van der Waals surface area (Å²) in [6, 6.07) is 1.56. The summed E-state index contributed by atoms with van der Waals surface area (Å²) < 4.78 is 74.2. The number of aliphatic imine (C=N–C) groups is 1. The van der Waals surface area contributed by atoms with Gasteiger partial charge < -0.3 is 9.80 Å². The Bertz CT molecular complexity index is 1960. The molecular weight excluding hydrogens is 643 g/mol. The van der Waals surface area contributed by atoms with Crippen molar-refractivity contribution in [2.24, 2.45) is 16.8 Å². The lowest BCUT2D eigenvalue weighted by atomic mass is 9.88. The molecule has 47 heavy (non-hydrogen) atoms. The number of pyridine rings is 2. The molecule has 4 atom stereocenters. The van der Waals surface area contributed by atoms with Crippen LogP contribution < -0.4 is 10.5 Å². The van der Waals surface area contributed by atoms with Crippen LogP contribution in [0.1, 0.15) is 46.2 Å². The van der Waals surface area contributed by atoms with Gasteiger partial charge in [0.2, 0.25) is 11.7 Å². The second kappa shape index (κ2) is 12.6. The van der Waals surface area contributed by atoms with E-state index in [1.807, 2.05) is 19.9 Å². The van der Waals surface area contributed by atoms with Crippen LogP contribution in [0.15, 0.2) is 40.8 Å². The fourth-order valence-electron chi connectivity index (χ4n) is 6.58. The zero-order valence-electron chi connectivity index (χ0n) is 26.1. The molecule has 2 aliphatic rings. The van der Waals surface area contributed by atoms with Crippen LogP contribution in [0.5, 0.6) is 0 Å². The Kier molecular flexibility index (Phi) is 9.03. The lowest BCUT2D eigenvalue weighted by molar-refractivity contribution is -0.130. The smallest absolute Gasteiger partial charge is 0.272 e. The summed E-state index contributed by atoms with van der Waals surface area (Å²) >= 11 is 6.54. The number of anilines is 1. The fourth-order valence-corrected chi connectivity index (χ4v) is 6.83. The first-order valence-electron chi connectivity index (χ1n) is 14.8. The number of hydrogen-bond acceptors (Lipinski definition) is 6. The van der Waals surface area contributed by atoms with Gasteiger partial charge in [-0.05, 0) is 31.9 Å². The van der Waals surface area contributed by atoms with Crippen LogP contribution in [0, 0.1) is 52.3 Å². The van der Waals surface area contributed by atoms with Crippen molar-refractivity contribution in [3.05, 3.63) is 81.0 Å². The van der Waals surface area contributed by atoms with Crippen molar-refractivity contribution < 1.29 is 26.7 Å². The summed E-state index contributed by atoms with van der Waals surface area (Å²) in [5.41, 5.74) is -2.82. The largest absolute Gasteiger partial charge is 0.366 e. The minimum atomic E-state index is -2.35. The predicted octanol–water partition coefficient (Wildman–Crippen LogP) is 6.70. The summed E-state index contributed by atoms with van der Waals surface area (Å²) in [7, 11) is 0. The van der Waals surface area contributed by atoms with Gasteiger partial charge in [-0.3, -0.25) is 19.1 Å². The quantitative estimate of drug-likeness (QED) is 0.130. The number of carbonyl (C=O) groups excluding carboxylic acids is 1. The summed E-state index contributed by atoms with van der Waals surface area (Å²) in [5, 5.41) is 10.1. The topological polar surface area (TPSA) is 94.6 Å². The Morgan fingerprint density at radius 1 is 1.06 bits per heavy atom. The zero-order chi connectivity index (χ0) is 34.6. The number of nitrogens with zero attached hydrogens (tertiary/aromatic N) is 6. The van der Waals surface area contributed by atoms with Crippen LogP contribution in [0.3, 0.4) is 0 Å². The van der Waals surface area contributed by atoms with Gasteiger partial charge in [-0.15, -0.1) is 0 Å². The first-order valence-corrected chi connectivity index (χ1v) is 15.2. The van der Waals surface area contributed by atoms with E-state index in [0.717, 1.165) is 0 Å². The average Bonchev–Trinajstić information content (AvgIpc) is 3.02. The van der Waals surface area contributed by atoms with E-state index in [9.17, 15) is 28.0 Å². The van der Waals surface area contributed by atoms with Gasteiger partial charge in [0.05, 0.1) is 28.0 Å². The van der Waals surface area contributed by atoms with Crippen LogP contribution in [0.25, 0.3) is 22.3 Å². The number of benzene rings is 1. The second-order valence-corrected chi connectivity index (χ2v) is 12.5. The zero-order valence-corrected chi connectivity index (χ0v) is 26.8. The number of fused-ring (bicyclic) bond motifs is 1. The first kappa shape index (κ1) is 33.8. The second-order valence-electron chi connectivity index (χ2n) is 12.1. The van der Waals surface area contributed by atoms with Crippen LogP contribution >= 0.6 is 11.6 Å². The molecule has 0 aliphatic carbocycles. The van der Waals surface area contributed by atoms with Gasteiger partial charge >= 0.3 is 0 Å². The van der Waals surface area contributed by atoms with Gasteiger partial charge in [0.1, 0.15) is 17.3 Å². The molecule has 4 heterocycles. The number of rotatable bonds is 5. The van der Waals surface area contributed by atoms with Crippen molar-refractivity contribution in [2.75, 3.05) is 18.0 Å². The maximum absolute atomic E-state index is 15.1. The Morgan fingerprint density at radius 3 is 2.17 bits per heavy atom. The number of carbonyl (C=O) groups is 1. The molecular formula is C33H30ClF5N6O2. The van der Waals surface area contributed by atoms with E-state index >= 15 is 8.78 Å². The Labute approximate surface area is 272 Å². The van der Waals surface area contributed by atoms with Gasteiger partial charge in [-0.25, -0.2) is 26.9 Å². The van der Waals surface area contributed by atoms with Crippen LogP contribution in [-0.4, -0.2) is 51.2 Å². The third-order valence-electron chi connectivity index (χ3n) is 8.62. The molecule has 14 heteroatoms. The molecule has 0 bridgehead atoms. The number of halogens is 6. The van der Waals surface area contributed by atoms with Crippen molar-refractivity contribution in [3.8, 4) is 17.3 Å². The highest BCUT2D eigenvalue weighted by Gasteiger charge is 2.38. The number of aromatic nitrogens is 2. The first-order chi connectivity index (χ1) is 22.2. The van der Waals surface area contributed by atoms with Gasteiger partial charge in [0.25, 0.3) is 5.56 Å². The highest BCUT2D eigenvalue weighted by Crippen LogP contribution is 2.41. The summed E-state index contributed by atoms with van der Waals surface area (Å²) in [6.45, 7) is 13.0. The molecule has 1 saturated heterocycles. The minimum absolute atomic E-state index is 0.105. The highest BCUT2D eigenvalue weighted by atomic mass is 35.5. The van der Waals surface area contributed by atoms with Crippen LogP contribution in [-0.2, 0) is 4.79 Å². The number of amides is 1. The Balaban J connectivity index is 1.91. The molecule has 1 aromatic carbocycles. The van der Waals surface area contributed by atoms with E-state index in [0.29, 0.717) is 5.71 Å². The Hall–Kier alpha value is -4.57. The number of allylic oxidation sites excluding steroid dienone is 1. The third-order valence-corrected chi connectivity index (χ3v) is 8.90. The third kappa shape index (κ3) is 5.38. The normalized spacial score (nSPS) is 21.3. The molecule has 1 fully saturated rings. The van der Waals surface area contributed by atoms with Crippen LogP contribution in [0.4, 0.5) is 27.6 Å². The van der Waals surface area contributed by atoms with Crippen molar-refractivity contribution in [1.82, 2.24) is 14.5 Å². The molecule has 0 radical (unpaired) electrons. The molecule has 0 N–H and O–H groups in total. The highest BCUT2D eigenvalue weighted by molar-refractivity contribution is 6.34. The van der Waals surface area contributed by atoms with Crippen molar-refractivity contribution in [2.45, 2.75) is 52.7 Å². The Morgan fingerprint density at radius 2 is 1.64 bits per heavy atom. The van der Waals surface area contributed by atoms with E-state index in [1.165, 1.54) is 16.7 Å². The molecule has 1 amide bonds. The van der Waals surface area contributed by atoms with E-state index in [2.05, 4.69) is 16.6 Å². The molecule has 0 saturated carbocycles. The van der Waals surface area contributed by atoms with E-state index < -0.39 is 75.0 Å². The molecule has 8 nitrogen and oxygen atoms in total. The SMILES string of the molecule is C=CC(=O)N1[C@H](C)CN(c2c(C#N)c(=O)n(C3C(C(C)C)=NC=C[C@H]3C)c3nc(-c4c(F)c(F)c(F)c(F)c4F)c(Cl)cc23)C[C@@H]1C. The number of nitriles is 1. The molecule has 2 aliphatic heterocycles. The summed E-state index contributed by atoms with van der Waals surface area (Å²) in [5.74, 6) is -11.9. The number of hydrogen-bond donors (Lipinski definition) is 0. The molecule has 3 aromatic rings. The lowest BCUT2D eigenvalue weighted by Crippen LogP contribution is -2.58. The fraction of sp³-hybridized carbons (Fsp3) is 0.364. The molecule has 246 valence electrons. The predicted molar refractivity (Wildman–Crippen MR) is 169 cm³/mol. The summed E-state index contributed by atoms with van der Waals surface area (Å²) in [6.07, 6.45) is 4.51. The van der Waals surface area contributed by atoms with Gasteiger partial charge in [-0.2, -0.15) is 5.26 Å². The number of piperazine rings is 1. The minimum Gasteiger partial charge on any atom is -0.366 e. The molecule has 2 aromatic heterocycles. The van der Waals surface area contributed by atoms with E-state index in [1.54, 1.807) is 42.8 Å². The van der Waals surface area contributed by atoms with Crippen molar-refractivity contribution >= 4 is 39.9 Å². The maximum Gasteiger partial charge on any atom is 0.272 e. The van der Waals surface area contributed by atoms with Gasteiger partial charge in [-0.1, -0.05) is 45.0 Å². The maximum atomic E-state index is 15.1. The van der Waals surface area contributed by atoms with Gasteiger partial charge in [0, 0.05) is 48.4 Å². The van der Waals surface area contributed by atoms with Crippen molar-refractivity contribution in [3.63, 3.8) is 0 Å². The van der Waals surface area contributed by atoms with Gasteiger partial charge in [0.15, 0.2) is 23.3 Å². The molecule has 1 unspecified atom stereocenters. The van der Waals surface area contributed by atoms with Crippen LogP contribution in [0.2, 0.25) is 5.02 Å². The molecule has 5 rings (SSSR count). The van der Waals surface area contributed by atoms with Crippen molar-refractivity contribution in [1.29, 1.82) is 5.26 Å². The van der Waals surface area contributed by atoms with E-state index in [-0.39, 0.29) is 47.2 Å². The monoisotopic (exact) mass is 672 g/mol. The van der Waals surface area contributed by atoms with E-state index in [4.69, 9.17) is 11.6 Å². The standard InChI is InChI=1S/C33H30ClF5N6O2/c1-7-21(46)44-16(5)12-43(13-17(44)6)31-18-10-20(34)29(22-23(35)25(37)27(39)26(38)24(22)36)42-32(18)45(33(47)19(31)11-40)30-15(4)8-9-41-28(30)14(2)3/h7-10,14-17,30H,1,12-13H2,2-6H3/t15-,16-,17+,30?/m1/s1. The lowest BCUT2D eigenvalue weighted by Gasteiger charge is -2.45. The summed E-state index contributed by atoms with van der Waals surface area (Å²) in [4.78, 5) is 39.3. The average molecular weight is 673 g/mol. The molecule has 0 spiro atoms.